The normalized spacial score (nSPS) is 17.5. The van der Waals surface area contributed by atoms with Crippen LogP contribution in [0, 0.1) is 12.8 Å². The smallest absolute Gasteiger partial charge is 0.246 e. The van der Waals surface area contributed by atoms with Gasteiger partial charge in [0.15, 0.2) is 5.65 Å². The van der Waals surface area contributed by atoms with Gasteiger partial charge in [-0.2, -0.15) is 9.61 Å². The Balaban J connectivity index is 0.756. The lowest BCUT2D eigenvalue weighted by atomic mass is 9.83. The number of piperazine rings is 1. The first-order valence-electron chi connectivity index (χ1n) is 26.8. The summed E-state index contributed by atoms with van der Waals surface area (Å²) in [5.41, 5.74) is 8.22. The molecule has 2 saturated heterocycles. The monoisotopic (exact) mass is 1010 g/mol. The van der Waals surface area contributed by atoms with Gasteiger partial charge < -0.3 is 30.3 Å². The molecule has 15 heteroatoms. The number of aliphatic hydroxyl groups excluding tert-OH is 1. The molecule has 2 aliphatic heterocycles. The summed E-state index contributed by atoms with van der Waals surface area (Å²) in [6.45, 7) is 9.43. The number of ether oxygens (including phenoxy) is 1. The van der Waals surface area contributed by atoms with Crippen LogP contribution >= 0.6 is 11.3 Å². The molecule has 14 nitrogen and oxygen atoms in total. The number of rotatable bonds is 22. The molecule has 9 rings (SSSR count). The summed E-state index contributed by atoms with van der Waals surface area (Å²) < 4.78 is 8.19. The topological polar surface area (TPSA) is 158 Å². The van der Waals surface area contributed by atoms with Crippen molar-refractivity contribution >= 4 is 40.4 Å². The van der Waals surface area contributed by atoms with E-state index in [0.717, 1.165) is 154 Å². The van der Waals surface area contributed by atoms with E-state index < -0.39 is 12.1 Å². The van der Waals surface area contributed by atoms with Crippen molar-refractivity contribution in [3.05, 3.63) is 118 Å². The Bertz CT molecular complexity index is 2800. The zero-order chi connectivity index (χ0) is 50.7. The van der Waals surface area contributed by atoms with E-state index in [1.54, 1.807) is 24.6 Å². The molecule has 3 aromatic carbocycles. The summed E-state index contributed by atoms with van der Waals surface area (Å²) in [7, 11) is 1.75. The molecule has 3 aliphatic rings. The first kappa shape index (κ1) is 51.9. The van der Waals surface area contributed by atoms with Gasteiger partial charge in [0.25, 0.3) is 0 Å². The lowest BCUT2D eigenvalue weighted by Gasteiger charge is -2.35. The third-order valence-electron chi connectivity index (χ3n) is 15.2. The highest BCUT2D eigenvalue weighted by Crippen LogP contribution is 2.38. The second-order valence-electron chi connectivity index (χ2n) is 20.2. The Morgan fingerprint density at radius 3 is 2.38 bits per heavy atom. The van der Waals surface area contributed by atoms with Crippen LogP contribution in [0.5, 0.6) is 5.75 Å². The Labute approximate surface area is 434 Å². The van der Waals surface area contributed by atoms with Crippen LogP contribution < -0.4 is 20.3 Å². The Hall–Kier alpha value is -6.00. The highest BCUT2D eigenvalue weighted by molar-refractivity contribution is 7.10. The number of unbranched alkanes of at least 4 members (excludes halogenated alkanes) is 4. The van der Waals surface area contributed by atoms with Crippen LogP contribution in [-0.2, 0) is 16.0 Å². The number of fused-ring (bicyclic) bond motifs is 1. The van der Waals surface area contributed by atoms with Crippen molar-refractivity contribution in [3.63, 3.8) is 0 Å². The van der Waals surface area contributed by atoms with E-state index in [-0.39, 0.29) is 36.2 Å². The van der Waals surface area contributed by atoms with E-state index in [1.165, 1.54) is 16.9 Å². The van der Waals surface area contributed by atoms with Gasteiger partial charge in [-0.25, -0.2) is 9.97 Å². The summed E-state index contributed by atoms with van der Waals surface area (Å²) in [6, 6.07) is 27.6. The molecule has 3 fully saturated rings. The number of thiazole rings is 1. The van der Waals surface area contributed by atoms with Crippen LogP contribution in [0.4, 0.5) is 5.82 Å². The number of nitrogens with one attached hydrogen (secondary N) is 2. The maximum Gasteiger partial charge on any atom is 0.246 e. The first-order valence-corrected chi connectivity index (χ1v) is 27.7. The van der Waals surface area contributed by atoms with Gasteiger partial charge in [0.1, 0.15) is 28.3 Å². The van der Waals surface area contributed by atoms with Crippen LogP contribution in [0.25, 0.3) is 28.0 Å². The number of ketones is 1. The van der Waals surface area contributed by atoms with Gasteiger partial charge in [-0.3, -0.25) is 19.3 Å². The van der Waals surface area contributed by atoms with Crippen LogP contribution in [0.3, 0.4) is 0 Å². The number of β-amino-alcohol motifs (C(OH)–C–C–N with tert-alkyl or cyclic N) is 1. The molecule has 3 aromatic heterocycles. The minimum atomic E-state index is -0.566. The van der Waals surface area contributed by atoms with Gasteiger partial charge in [-0.05, 0) is 95.0 Å². The maximum absolute atomic E-state index is 14.3. The SMILES string of the molecule is CN[C@@H](C)C(=O)N[C@H](C(=O)N1CCC[C@H]1c1nc(C(=O)c2cccc(OCCCCCCCc3cccc(-c4c(C)nn5c(N6CCN(CCO)CC6)cc(-c6ccccc6)nc45)c3)c2)cs1)C1CCCCC1. The number of hydrogen-bond donors (Lipinski definition) is 3. The molecule has 0 radical (unpaired) electrons. The van der Waals surface area contributed by atoms with Gasteiger partial charge in [0.2, 0.25) is 17.6 Å². The van der Waals surface area contributed by atoms with E-state index >= 15 is 0 Å². The Kier molecular flexibility index (Phi) is 17.6. The standard InChI is InChI=1S/C58H73N9O5S/c1-40-52(55-60-48(43-20-10-7-11-21-43)38-51(67(55)63-40)65-31-29-64(30-32-65)33-34-68)45-24-15-19-42(36-45)18-9-5-4-6-14-35-72-47-26-16-25-46(37-47)54(69)49-39-73-57(61-49)50-27-17-28-66(50)58(71)53(44-22-12-8-13-23-44)62-56(70)41(2)59-3/h7,10-11,15-16,19-21,24-26,36-39,41,44,50,53,59,68H,4-6,8-9,12-14,17-18,22-23,27-35H2,1-3H3,(H,62,70)/t41-,50-,53-/m0/s1. The van der Waals surface area contributed by atoms with Crippen molar-refractivity contribution in [1.29, 1.82) is 0 Å². The zero-order valence-corrected chi connectivity index (χ0v) is 43.8. The summed E-state index contributed by atoms with van der Waals surface area (Å²) in [5.74, 6) is 1.45. The number of amides is 2. The summed E-state index contributed by atoms with van der Waals surface area (Å²) in [4.78, 5) is 57.8. The maximum atomic E-state index is 14.3. The number of nitrogens with zero attached hydrogens (tertiary/aromatic N) is 7. The molecular formula is C58H73N9O5S. The van der Waals surface area contributed by atoms with Gasteiger partial charge in [-0.1, -0.05) is 105 Å². The first-order chi connectivity index (χ1) is 35.7. The molecule has 73 heavy (non-hydrogen) atoms. The molecule has 2 amide bonds. The van der Waals surface area contributed by atoms with Crippen molar-refractivity contribution in [3.8, 4) is 28.1 Å². The molecule has 386 valence electrons. The van der Waals surface area contributed by atoms with E-state index in [1.807, 2.05) is 34.5 Å². The van der Waals surface area contributed by atoms with E-state index in [4.69, 9.17) is 19.8 Å². The highest BCUT2D eigenvalue weighted by Gasteiger charge is 2.40. The predicted octanol–water partition coefficient (Wildman–Crippen LogP) is 9.08. The van der Waals surface area contributed by atoms with Crippen LogP contribution in [0.2, 0.25) is 0 Å². The van der Waals surface area contributed by atoms with Crippen molar-refractivity contribution < 1.29 is 24.2 Å². The number of aromatic nitrogens is 4. The van der Waals surface area contributed by atoms with E-state index in [2.05, 4.69) is 82.0 Å². The zero-order valence-electron chi connectivity index (χ0n) is 42.9. The van der Waals surface area contributed by atoms with Crippen molar-refractivity contribution in [1.82, 2.24) is 40.0 Å². The second-order valence-corrected chi connectivity index (χ2v) is 21.1. The molecule has 5 heterocycles. The average Bonchev–Trinajstić information content (AvgIpc) is 4.20. The van der Waals surface area contributed by atoms with E-state index in [0.29, 0.717) is 36.7 Å². The second kappa shape index (κ2) is 24.8. The predicted molar refractivity (Wildman–Crippen MR) is 289 cm³/mol. The summed E-state index contributed by atoms with van der Waals surface area (Å²) in [5, 5.41) is 23.3. The number of aliphatic hydroxyl groups is 1. The molecule has 0 bridgehead atoms. The Morgan fingerprint density at radius 1 is 0.822 bits per heavy atom. The molecule has 6 aromatic rings. The molecule has 1 aliphatic carbocycles. The van der Waals surface area contributed by atoms with Crippen molar-refractivity contribution in [2.24, 2.45) is 5.92 Å². The Morgan fingerprint density at radius 2 is 1.59 bits per heavy atom. The minimum Gasteiger partial charge on any atom is -0.494 e. The third kappa shape index (κ3) is 12.5. The highest BCUT2D eigenvalue weighted by atomic mass is 32.1. The molecule has 0 spiro atoms. The van der Waals surface area contributed by atoms with Gasteiger partial charge >= 0.3 is 0 Å². The number of anilines is 1. The third-order valence-corrected chi connectivity index (χ3v) is 16.2. The minimum absolute atomic E-state index is 0.0383. The fourth-order valence-electron chi connectivity index (χ4n) is 10.9. The fourth-order valence-corrected chi connectivity index (χ4v) is 11.9. The fraction of sp³-hybridized carbons (Fsp3) is 0.483. The van der Waals surface area contributed by atoms with Crippen molar-refractivity contribution in [2.45, 2.75) is 115 Å². The van der Waals surface area contributed by atoms with Gasteiger partial charge in [0, 0.05) is 67.4 Å². The number of likely N-dealkylation sites (tertiary alicyclic amines) is 1. The summed E-state index contributed by atoms with van der Waals surface area (Å²) >= 11 is 1.43. The van der Waals surface area contributed by atoms with Crippen LogP contribution in [0.1, 0.15) is 122 Å². The van der Waals surface area contributed by atoms with Crippen molar-refractivity contribution in [2.75, 3.05) is 64.4 Å². The molecule has 1 saturated carbocycles. The summed E-state index contributed by atoms with van der Waals surface area (Å²) in [6.07, 6.45) is 13.1. The number of carbonyl (C=O) groups excluding carboxylic acids is 3. The molecule has 0 unspecified atom stereocenters. The largest absolute Gasteiger partial charge is 0.494 e. The van der Waals surface area contributed by atoms with Crippen LogP contribution in [0.15, 0.2) is 90.3 Å². The molecule has 3 atom stereocenters. The molecular weight excluding hydrogens is 935 g/mol. The van der Waals surface area contributed by atoms with Gasteiger partial charge in [-0.15, -0.1) is 11.3 Å². The lowest BCUT2D eigenvalue weighted by molar-refractivity contribution is -0.139. The number of likely N-dealkylation sites (N-methyl/N-ethyl adjacent to an activating group) is 1. The van der Waals surface area contributed by atoms with Crippen LogP contribution in [-0.4, -0.2) is 124 Å². The lowest BCUT2D eigenvalue weighted by Crippen LogP contribution is -2.55. The number of hydrogen-bond acceptors (Lipinski definition) is 12. The van der Waals surface area contributed by atoms with Gasteiger partial charge in [0.05, 0.1) is 36.7 Å². The number of carbonyl (C=O) groups is 3. The number of aryl methyl sites for hydroxylation is 2. The average molecular weight is 1010 g/mol. The quantitative estimate of drug-likeness (QED) is 0.0440. The van der Waals surface area contributed by atoms with E-state index in [9.17, 15) is 19.5 Å². The molecule has 3 N–H and O–H groups in total. The number of benzene rings is 3.